The maximum Gasteiger partial charge on any atom is 0.153 e. The Balaban J connectivity index is 1.60. The number of likely N-dealkylation sites (N-methyl/N-ethyl adjacent to an activating group) is 1. The van der Waals surface area contributed by atoms with Gasteiger partial charge in [-0.2, -0.15) is 0 Å². The standard InChI is InChI=1S/C17H25F2N3O/c1-20-6-8-22(9-7-20)17-15(18)12-14(13-16(17)19)23-11-10-21-4-2-3-5-21/h12-13H,2-11H2,1H3. The van der Waals surface area contributed by atoms with E-state index in [0.29, 0.717) is 19.7 Å². The van der Waals surface area contributed by atoms with Gasteiger partial charge in [0.25, 0.3) is 0 Å². The molecule has 0 bridgehead atoms. The number of likely N-dealkylation sites (tertiary alicyclic amines) is 1. The number of halogens is 2. The Bertz CT molecular complexity index is 504. The quantitative estimate of drug-likeness (QED) is 0.826. The SMILES string of the molecule is CN1CCN(c2c(F)cc(OCCN3CCCC3)cc2F)CC1. The van der Waals surface area contributed by atoms with Crippen LogP contribution in [0, 0.1) is 11.6 Å². The van der Waals surface area contributed by atoms with E-state index in [9.17, 15) is 8.78 Å². The zero-order valence-corrected chi connectivity index (χ0v) is 13.7. The van der Waals surface area contributed by atoms with Gasteiger partial charge in [-0.05, 0) is 33.0 Å². The molecule has 0 amide bonds. The summed E-state index contributed by atoms with van der Waals surface area (Å²) in [5.74, 6) is -0.798. The highest BCUT2D eigenvalue weighted by Gasteiger charge is 2.22. The predicted molar refractivity (Wildman–Crippen MR) is 87.2 cm³/mol. The Labute approximate surface area is 136 Å². The van der Waals surface area contributed by atoms with Crippen molar-refractivity contribution in [3.05, 3.63) is 23.8 Å². The van der Waals surface area contributed by atoms with Crippen LogP contribution < -0.4 is 9.64 Å². The van der Waals surface area contributed by atoms with Gasteiger partial charge >= 0.3 is 0 Å². The molecular weight excluding hydrogens is 300 g/mol. The highest BCUT2D eigenvalue weighted by Crippen LogP contribution is 2.29. The van der Waals surface area contributed by atoms with Gasteiger partial charge in [-0.25, -0.2) is 8.78 Å². The van der Waals surface area contributed by atoms with Gasteiger partial charge < -0.3 is 14.5 Å². The van der Waals surface area contributed by atoms with Crippen LogP contribution >= 0.6 is 0 Å². The van der Waals surface area contributed by atoms with E-state index in [4.69, 9.17) is 4.74 Å². The summed E-state index contributed by atoms with van der Waals surface area (Å²) in [6.07, 6.45) is 2.45. The summed E-state index contributed by atoms with van der Waals surface area (Å²) in [7, 11) is 2.02. The second-order valence-electron chi connectivity index (χ2n) is 6.42. The van der Waals surface area contributed by atoms with E-state index in [2.05, 4.69) is 9.80 Å². The number of benzene rings is 1. The molecule has 6 heteroatoms. The topological polar surface area (TPSA) is 19.0 Å². The Morgan fingerprint density at radius 1 is 0.957 bits per heavy atom. The molecule has 0 unspecified atom stereocenters. The van der Waals surface area contributed by atoms with Crippen molar-refractivity contribution in [1.29, 1.82) is 0 Å². The molecule has 0 saturated carbocycles. The molecule has 1 aromatic carbocycles. The number of hydrogen-bond acceptors (Lipinski definition) is 4. The third kappa shape index (κ3) is 4.12. The molecule has 0 spiro atoms. The van der Waals surface area contributed by atoms with Crippen LogP contribution in [0.4, 0.5) is 14.5 Å². The van der Waals surface area contributed by atoms with Gasteiger partial charge in [0.2, 0.25) is 0 Å². The molecule has 2 saturated heterocycles. The highest BCUT2D eigenvalue weighted by atomic mass is 19.1. The zero-order chi connectivity index (χ0) is 16.2. The van der Waals surface area contributed by atoms with Crippen molar-refractivity contribution in [3.8, 4) is 5.75 Å². The summed E-state index contributed by atoms with van der Waals surface area (Å²) in [5, 5.41) is 0. The molecule has 23 heavy (non-hydrogen) atoms. The van der Waals surface area contributed by atoms with Crippen molar-refractivity contribution < 1.29 is 13.5 Å². The first-order chi connectivity index (χ1) is 11.1. The van der Waals surface area contributed by atoms with Gasteiger partial charge in [0.05, 0.1) is 0 Å². The Kier molecular flexibility index (Phi) is 5.33. The first-order valence-corrected chi connectivity index (χ1v) is 8.41. The van der Waals surface area contributed by atoms with E-state index in [1.165, 1.54) is 25.0 Å². The lowest BCUT2D eigenvalue weighted by atomic mass is 10.2. The smallest absolute Gasteiger partial charge is 0.153 e. The van der Waals surface area contributed by atoms with E-state index in [0.717, 1.165) is 32.7 Å². The first-order valence-electron chi connectivity index (χ1n) is 8.41. The molecule has 0 N–H and O–H groups in total. The number of anilines is 1. The van der Waals surface area contributed by atoms with Crippen LogP contribution in [0.25, 0.3) is 0 Å². The summed E-state index contributed by atoms with van der Waals surface area (Å²) in [6, 6.07) is 2.61. The van der Waals surface area contributed by atoms with Crippen molar-refractivity contribution in [2.75, 3.05) is 64.4 Å². The lowest BCUT2D eigenvalue weighted by Gasteiger charge is -2.34. The molecule has 2 heterocycles. The van der Waals surface area contributed by atoms with E-state index in [1.807, 2.05) is 7.05 Å². The molecule has 0 radical (unpaired) electrons. The molecular formula is C17H25F2N3O. The Morgan fingerprint density at radius 3 is 2.17 bits per heavy atom. The molecule has 0 aliphatic carbocycles. The van der Waals surface area contributed by atoms with Crippen LogP contribution in [0.5, 0.6) is 5.75 Å². The zero-order valence-electron chi connectivity index (χ0n) is 13.7. The first kappa shape index (κ1) is 16.5. The van der Waals surface area contributed by atoms with Crippen LogP contribution in [0.2, 0.25) is 0 Å². The van der Waals surface area contributed by atoms with Crippen LogP contribution in [-0.4, -0.2) is 69.3 Å². The molecule has 0 atom stereocenters. The second-order valence-corrected chi connectivity index (χ2v) is 6.42. The van der Waals surface area contributed by atoms with Crippen LogP contribution in [0.15, 0.2) is 12.1 Å². The molecule has 128 valence electrons. The van der Waals surface area contributed by atoms with Crippen molar-refractivity contribution in [3.63, 3.8) is 0 Å². The number of nitrogens with zero attached hydrogens (tertiary/aromatic N) is 3. The molecule has 2 aliphatic rings. The Morgan fingerprint density at radius 2 is 1.57 bits per heavy atom. The van der Waals surface area contributed by atoms with Gasteiger partial charge in [0.15, 0.2) is 11.6 Å². The minimum absolute atomic E-state index is 0.0741. The summed E-state index contributed by atoms with van der Waals surface area (Å²) in [6.45, 7) is 6.36. The normalized spacial score (nSPS) is 20.2. The summed E-state index contributed by atoms with van der Waals surface area (Å²) in [5.41, 5.74) is 0.0741. The van der Waals surface area contributed by atoms with Crippen molar-refractivity contribution in [1.82, 2.24) is 9.80 Å². The highest BCUT2D eigenvalue weighted by molar-refractivity contribution is 5.52. The van der Waals surface area contributed by atoms with Gasteiger partial charge in [0, 0.05) is 44.9 Å². The molecule has 2 fully saturated rings. The average molecular weight is 325 g/mol. The maximum absolute atomic E-state index is 14.3. The monoisotopic (exact) mass is 325 g/mol. The van der Waals surface area contributed by atoms with Crippen molar-refractivity contribution >= 4 is 5.69 Å². The van der Waals surface area contributed by atoms with Gasteiger partial charge in [-0.15, -0.1) is 0 Å². The maximum atomic E-state index is 14.3. The minimum Gasteiger partial charge on any atom is -0.492 e. The van der Waals surface area contributed by atoms with Gasteiger partial charge in [0.1, 0.15) is 18.0 Å². The largest absolute Gasteiger partial charge is 0.492 e. The molecule has 2 aliphatic heterocycles. The molecule has 3 rings (SSSR count). The fourth-order valence-electron chi connectivity index (χ4n) is 3.26. The molecule has 0 aromatic heterocycles. The lowest BCUT2D eigenvalue weighted by Crippen LogP contribution is -2.45. The third-order valence-electron chi connectivity index (χ3n) is 4.68. The second kappa shape index (κ2) is 7.45. The number of piperazine rings is 1. The Hall–Kier alpha value is -1.40. The van der Waals surface area contributed by atoms with Crippen LogP contribution in [-0.2, 0) is 0 Å². The van der Waals surface area contributed by atoms with Crippen LogP contribution in [0.3, 0.4) is 0 Å². The van der Waals surface area contributed by atoms with Gasteiger partial charge in [-0.1, -0.05) is 0 Å². The van der Waals surface area contributed by atoms with Crippen molar-refractivity contribution in [2.45, 2.75) is 12.8 Å². The predicted octanol–water partition coefficient (Wildman–Crippen LogP) is 2.19. The van der Waals surface area contributed by atoms with E-state index in [-0.39, 0.29) is 11.4 Å². The summed E-state index contributed by atoms with van der Waals surface area (Å²) >= 11 is 0. The average Bonchev–Trinajstić information content (AvgIpc) is 3.02. The molecule has 1 aromatic rings. The van der Waals surface area contributed by atoms with Crippen LogP contribution in [0.1, 0.15) is 12.8 Å². The fraction of sp³-hybridized carbons (Fsp3) is 0.647. The van der Waals surface area contributed by atoms with E-state index < -0.39 is 11.6 Å². The lowest BCUT2D eigenvalue weighted by molar-refractivity contribution is 0.236. The van der Waals surface area contributed by atoms with Crippen molar-refractivity contribution in [2.24, 2.45) is 0 Å². The summed E-state index contributed by atoms with van der Waals surface area (Å²) in [4.78, 5) is 6.24. The summed E-state index contributed by atoms with van der Waals surface area (Å²) < 4.78 is 34.2. The number of hydrogen-bond donors (Lipinski definition) is 0. The van der Waals surface area contributed by atoms with E-state index in [1.54, 1.807) is 4.90 Å². The number of ether oxygens (including phenoxy) is 1. The molecule has 4 nitrogen and oxygen atoms in total. The number of rotatable bonds is 5. The van der Waals surface area contributed by atoms with Gasteiger partial charge in [-0.3, -0.25) is 4.90 Å². The van der Waals surface area contributed by atoms with E-state index >= 15 is 0 Å². The minimum atomic E-state index is -0.536. The third-order valence-corrected chi connectivity index (χ3v) is 4.68. The fourth-order valence-corrected chi connectivity index (χ4v) is 3.26.